The van der Waals surface area contributed by atoms with Gasteiger partial charge in [0.1, 0.15) is 11.6 Å². The zero-order chi connectivity index (χ0) is 21.2. The third-order valence-corrected chi connectivity index (χ3v) is 6.80. The first kappa shape index (κ1) is 21.2. The number of halogens is 2. The van der Waals surface area contributed by atoms with E-state index in [2.05, 4.69) is 5.32 Å². The molecular weight excluding hydrogens is 400 g/mol. The van der Waals surface area contributed by atoms with Gasteiger partial charge < -0.3 is 10.2 Å². The predicted molar refractivity (Wildman–Crippen MR) is 106 cm³/mol. The summed E-state index contributed by atoms with van der Waals surface area (Å²) in [6.07, 6.45) is 0. The Bertz CT molecular complexity index is 987. The second-order valence-electron chi connectivity index (χ2n) is 7.17. The predicted octanol–water partition coefficient (Wildman–Crippen LogP) is 3.63. The van der Waals surface area contributed by atoms with Gasteiger partial charge in [-0.2, -0.15) is 4.31 Å². The van der Waals surface area contributed by atoms with E-state index in [1.165, 1.54) is 9.21 Å². The molecule has 156 valence electrons. The van der Waals surface area contributed by atoms with Crippen LogP contribution in [0.4, 0.5) is 19.3 Å². The van der Waals surface area contributed by atoms with Gasteiger partial charge in [0.15, 0.2) is 0 Å². The van der Waals surface area contributed by atoms with Crippen LogP contribution in [0.5, 0.6) is 0 Å². The Morgan fingerprint density at radius 2 is 1.62 bits per heavy atom. The van der Waals surface area contributed by atoms with E-state index in [1.54, 1.807) is 24.3 Å². The van der Waals surface area contributed by atoms with Crippen molar-refractivity contribution in [2.75, 3.05) is 31.5 Å². The molecule has 0 saturated carbocycles. The number of carbonyl (C=O) groups excluding carboxylic acids is 1. The SMILES string of the molecule is CC(C)c1ccc(S(=O)(=O)N2CCN(C(=O)Nc3ccc(F)cc3F)CC2)cc1. The summed E-state index contributed by atoms with van der Waals surface area (Å²) in [5.41, 5.74) is 0.926. The minimum Gasteiger partial charge on any atom is -0.322 e. The average Bonchev–Trinajstić information content (AvgIpc) is 2.70. The zero-order valence-electron chi connectivity index (χ0n) is 16.2. The Kier molecular flexibility index (Phi) is 6.18. The lowest BCUT2D eigenvalue weighted by Crippen LogP contribution is -2.51. The molecular formula is C20H23F2N3O3S. The van der Waals surface area contributed by atoms with Gasteiger partial charge in [0, 0.05) is 32.2 Å². The fourth-order valence-corrected chi connectivity index (χ4v) is 4.51. The van der Waals surface area contributed by atoms with E-state index in [0.29, 0.717) is 12.0 Å². The van der Waals surface area contributed by atoms with Gasteiger partial charge in [0.25, 0.3) is 0 Å². The van der Waals surface area contributed by atoms with Crippen LogP contribution in [0.3, 0.4) is 0 Å². The van der Waals surface area contributed by atoms with Crippen molar-refractivity contribution < 1.29 is 22.0 Å². The van der Waals surface area contributed by atoms with Gasteiger partial charge >= 0.3 is 6.03 Å². The van der Waals surface area contributed by atoms with E-state index in [0.717, 1.165) is 17.7 Å². The van der Waals surface area contributed by atoms with Gasteiger partial charge in [0.2, 0.25) is 10.0 Å². The van der Waals surface area contributed by atoms with Crippen LogP contribution in [0.2, 0.25) is 0 Å². The highest BCUT2D eigenvalue weighted by Gasteiger charge is 2.30. The second kappa shape index (κ2) is 8.46. The second-order valence-corrected chi connectivity index (χ2v) is 9.11. The summed E-state index contributed by atoms with van der Waals surface area (Å²) in [6, 6.07) is 9.12. The smallest absolute Gasteiger partial charge is 0.322 e. The molecule has 0 spiro atoms. The van der Waals surface area contributed by atoms with Crippen molar-refractivity contribution in [1.29, 1.82) is 0 Å². The molecule has 1 aliphatic heterocycles. The van der Waals surface area contributed by atoms with E-state index in [1.807, 2.05) is 13.8 Å². The average molecular weight is 423 g/mol. The molecule has 1 heterocycles. The quantitative estimate of drug-likeness (QED) is 0.817. The molecule has 2 aromatic carbocycles. The molecule has 2 amide bonds. The van der Waals surface area contributed by atoms with Crippen molar-refractivity contribution in [2.45, 2.75) is 24.7 Å². The molecule has 0 aliphatic carbocycles. The molecule has 0 radical (unpaired) electrons. The minimum absolute atomic E-state index is 0.128. The monoisotopic (exact) mass is 423 g/mol. The van der Waals surface area contributed by atoms with Crippen molar-refractivity contribution in [2.24, 2.45) is 0 Å². The van der Waals surface area contributed by atoms with E-state index < -0.39 is 27.7 Å². The third-order valence-electron chi connectivity index (χ3n) is 4.88. The summed E-state index contributed by atoms with van der Waals surface area (Å²) in [5, 5.41) is 2.39. The van der Waals surface area contributed by atoms with Gasteiger partial charge in [0.05, 0.1) is 10.6 Å². The van der Waals surface area contributed by atoms with Crippen molar-refractivity contribution in [1.82, 2.24) is 9.21 Å². The maximum absolute atomic E-state index is 13.7. The number of hydrogen-bond donors (Lipinski definition) is 1. The van der Waals surface area contributed by atoms with Gasteiger partial charge in [-0.1, -0.05) is 26.0 Å². The third kappa shape index (κ3) is 4.73. The fourth-order valence-electron chi connectivity index (χ4n) is 3.09. The first-order valence-electron chi connectivity index (χ1n) is 9.29. The van der Waals surface area contributed by atoms with Crippen LogP contribution in [0.25, 0.3) is 0 Å². The molecule has 9 heteroatoms. The van der Waals surface area contributed by atoms with Crippen molar-refractivity contribution in [3.8, 4) is 0 Å². The number of carbonyl (C=O) groups is 1. The van der Waals surface area contributed by atoms with Crippen LogP contribution in [0.15, 0.2) is 47.4 Å². The number of urea groups is 1. The number of amides is 2. The summed E-state index contributed by atoms with van der Waals surface area (Å²) in [6.45, 7) is 4.66. The Hall–Kier alpha value is -2.52. The summed E-state index contributed by atoms with van der Waals surface area (Å²) >= 11 is 0. The Balaban J connectivity index is 1.62. The van der Waals surface area contributed by atoms with E-state index >= 15 is 0 Å². The summed E-state index contributed by atoms with van der Waals surface area (Å²) in [7, 11) is -3.65. The lowest BCUT2D eigenvalue weighted by atomic mass is 10.0. The lowest BCUT2D eigenvalue weighted by molar-refractivity contribution is 0.184. The Labute approximate surface area is 169 Å². The highest BCUT2D eigenvalue weighted by molar-refractivity contribution is 7.89. The Morgan fingerprint density at radius 3 is 2.17 bits per heavy atom. The zero-order valence-corrected chi connectivity index (χ0v) is 17.0. The fraction of sp³-hybridized carbons (Fsp3) is 0.350. The molecule has 1 saturated heterocycles. The van der Waals surface area contributed by atoms with Gasteiger partial charge in [-0.05, 0) is 35.7 Å². The largest absolute Gasteiger partial charge is 0.322 e. The maximum Gasteiger partial charge on any atom is 0.322 e. The number of nitrogens with one attached hydrogen (secondary N) is 1. The summed E-state index contributed by atoms with van der Waals surface area (Å²) in [4.78, 5) is 13.9. The van der Waals surface area contributed by atoms with Gasteiger partial charge in [-0.25, -0.2) is 22.0 Å². The first-order valence-corrected chi connectivity index (χ1v) is 10.7. The minimum atomic E-state index is -3.65. The molecule has 6 nitrogen and oxygen atoms in total. The standard InChI is InChI=1S/C20H23F2N3O3S/c1-14(2)15-3-6-17(7-4-15)29(27,28)25-11-9-24(10-12-25)20(26)23-19-8-5-16(21)13-18(19)22/h3-8,13-14H,9-12H2,1-2H3,(H,23,26). The topological polar surface area (TPSA) is 69.7 Å². The molecule has 1 fully saturated rings. The number of sulfonamides is 1. The summed E-state index contributed by atoms with van der Waals surface area (Å²) in [5.74, 6) is -1.30. The number of benzene rings is 2. The molecule has 2 aromatic rings. The van der Waals surface area contributed by atoms with Gasteiger partial charge in [-0.15, -0.1) is 0 Å². The summed E-state index contributed by atoms with van der Waals surface area (Å²) < 4.78 is 53.7. The van der Waals surface area contributed by atoms with Crippen LogP contribution in [0.1, 0.15) is 25.3 Å². The van der Waals surface area contributed by atoms with Crippen LogP contribution >= 0.6 is 0 Å². The van der Waals surface area contributed by atoms with Crippen molar-refractivity contribution in [3.63, 3.8) is 0 Å². The number of hydrogen-bond acceptors (Lipinski definition) is 3. The molecule has 0 unspecified atom stereocenters. The molecule has 29 heavy (non-hydrogen) atoms. The van der Waals surface area contributed by atoms with Crippen LogP contribution < -0.4 is 5.32 Å². The number of nitrogens with zero attached hydrogens (tertiary/aromatic N) is 2. The molecule has 0 aromatic heterocycles. The van der Waals surface area contributed by atoms with E-state index in [4.69, 9.17) is 0 Å². The lowest BCUT2D eigenvalue weighted by Gasteiger charge is -2.34. The normalized spacial score (nSPS) is 15.6. The molecule has 1 N–H and O–H groups in total. The molecule has 0 atom stereocenters. The number of piperazine rings is 1. The van der Waals surface area contributed by atoms with Crippen LogP contribution in [-0.2, 0) is 10.0 Å². The number of rotatable bonds is 4. The van der Waals surface area contributed by atoms with E-state index in [9.17, 15) is 22.0 Å². The van der Waals surface area contributed by atoms with Crippen LogP contribution in [0, 0.1) is 11.6 Å². The van der Waals surface area contributed by atoms with Gasteiger partial charge in [-0.3, -0.25) is 0 Å². The van der Waals surface area contributed by atoms with Crippen molar-refractivity contribution in [3.05, 3.63) is 59.7 Å². The highest BCUT2D eigenvalue weighted by Crippen LogP contribution is 2.22. The van der Waals surface area contributed by atoms with Crippen LogP contribution in [-0.4, -0.2) is 49.8 Å². The highest BCUT2D eigenvalue weighted by atomic mass is 32.2. The molecule has 3 rings (SSSR count). The van der Waals surface area contributed by atoms with E-state index in [-0.39, 0.29) is 36.8 Å². The molecule has 1 aliphatic rings. The van der Waals surface area contributed by atoms with Crippen molar-refractivity contribution >= 4 is 21.7 Å². The number of anilines is 1. The maximum atomic E-state index is 13.7. The molecule has 0 bridgehead atoms. The first-order chi connectivity index (χ1) is 13.7. The Morgan fingerprint density at radius 1 is 1.00 bits per heavy atom.